The third kappa shape index (κ3) is 3.66. The highest BCUT2D eigenvalue weighted by molar-refractivity contribution is 5.92. The van der Waals surface area contributed by atoms with Crippen LogP contribution in [0.15, 0.2) is 30.5 Å². The van der Waals surface area contributed by atoms with Gasteiger partial charge in [-0.1, -0.05) is 24.3 Å². The Bertz CT molecular complexity index is 1170. The molecule has 1 aromatic carbocycles. The fourth-order valence-corrected chi connectivity index (χ4v) is 4.27. The number of anilines is 1. The lowest BCUT2D eigenvalue weighted by Crippen LogP contribution is -2.51. The van der Waals surface area contributed by atoms with E-state index in [0.29, 0.717) is 48.9 Å². The van der Waals surface area contributed by atoms with Crippen molar-refractivity contribution in [2.24, 2.45) is 0 Å². The molecule has 158 valence electrons. The lowest BCUT2D eigenvalue weighted by Gasteiger charge is -2.34. The van der Waals surface area contributed by atoms with Crippen molar-refractivity contribution in [3.63, 3.8) is 0 Å². The summed E-state index contributed by atoms with van der Waals surface area (Å²) in [6, 6.07) is 10.2. The van der Waals surface area contributed by atoms with Crippen LogP contribution in [0.25, 0.3) is 22.2 Å². The van der Waals surface area contributed by atoms with E-state index >= 15 is 4.39 Å². The number of halogens is 1. The molecule has 31 heavy (non-hydrogen) atoms. The van der Waals surface area contributed by atoms with Gasteiger partial charge in [0.1, 0.15) is 17.0 Å². The average molecular weight is 418 g/mol. The van der Waals surface area contributed by atoms with Crippen LogP contribution in [0.4, 0.5) is 10.2 Å². The predicted molar refractivity (Wildman–Crippen MR) is 115 cm³/mol. The maximum absolute atomic E-state index is 15.8. The highest BCUT2D eigenvalue weighted by atomic mass is 19.1. The van der Waals surface area contributed by atoms with Crippen molar-refractivity contribution in [1.29, 1.82) is 5.26 Å². The smallest absolute Gasteiger partial charge is 0.318 e. The van der Waals surface area contributed by atoms with Crippen molar-refractivity contribution in [3.8, 4) is 23.3 Å². The Morgan fingerprint density at radius 1 is 1.29 bits per heavy atom. The van der Waals surface area contributed by atoms with E-state index in [0.717, 1.165) is 24.0 Å². The van der Waals surface area contributed by atoms with Gasteiger partial charge in [-0.2, -0.15) is 15.2 Å². The molecule has 1 N–H and O–H groups in total. The molecule has 0 bridgehead atoms. The zero-order valence-corrected chi connectivity index (χ0v) is 17.3. The molecule has 1 aliphatic carbocycles. The molecule has 2 aliphatic rings. The lowest BCUT2D eigenvalue weighted by molar-refractivity contribution is 0.380. The number of aromatic nitrogens is 3. The summed E-state index contributed by atoms with van der Waals surface area (Å²) in [5, 5.41) is 12.9. The van der Waals surface area contributed by atoms with Gasteiger partial charge in [0.2, 0.25) is 0 Å². The Balaban J connectivity index is 1.63. The molecule has 3 aromatic rings. The van der Waals surface area contributed by atoms with Crippen LogP contribution in [0, 0.1) is 17.1 Å². The first-order chi connectivity index (χ1) is 15.2. The monoisotopic (exact) mass is 418 g/mol. The van der Waals surface area contributed by atoms with Gasteiger partial charge in [-0.05, 0) is 24.3 Å². The minimum absolute atomic E-state index is 0.0252. The fraction of sp³-hybridized carbons (Fsp3) is 0.391. The van der Waals surface area contributed by atoms with Crippen LogP contribution in [0.5, 0.6) is 6.01 Å². The molecular formula is C23H23FN6O. The molecule has 1 aliphatic heterocycles. The third-order valence-corrected chi connectivity index (χ3v) is 5.95. The van der Waals surface area contributed by atoms with Gasteiger partial charge in [0.25, 0.3) is 0 Å². The van der Waals surface area contributed by atoms with E-state index < -0.39 is 5.82 Å². The van der Waals surface area contributed by atoms with Crippen LogP contribution >= 0.6 is 0 Å². The molecule has 0 radical (unpaired) electrons. The topological polar surface area (TPSA) is 87.0 Å². The number of piperazine rings is 1. The number of rotatable bonds is 5. The minimum atomic E-state index is -0.462. The quantitative estimate of drug-likeness (QED) is 0.679. The molecule has 2 aromatic heterocycles. The van der Waals surface area contributed by atoms with Crippen LogP contribution in [0.3, 0.4) is 0 Å². The number of nitrogens with zero attached hydrogens (tertiary/aromatic N) is 5. The second-order valence-corrected chi connectivity index (χ2v) is 8.04. The number of nitrogens with one attached hydrogen (secondary N) is 1. The standard InChI is InChI=1S/C23H23FN6O/c1-31-23-28-21-18(22(29-23)30-11-10-26-15(13-30)8-9-25)12-27-20(19(21)24)17-5-3-2-4-16(17)14-6-7-14/h2-5,12,14-15,26H,6-8,10-11,13H2,1H3. The fourth-order valence-electron chi connectivity index (χ4n) is 4.27. The van der Waals surface area contributed by atoms with Gasteiger partial charge in [0.05, 0.1) is 25.0 Å². The Morgan fingerprint density at radius 3 is 2.90 bits per heavy atom. The third-order valence-electron chi connectivity index (χ3n) is 5.95. The van der Waals surface area contributed by atoms with Crippen molar-refractivity contribution < 1.29 is 9.13 Å². The summed E-state index contributed by atoms with van der Waals surface area (Å²) in [6.07, 6.45) is 4.30. The summed E-state index contributed by atoms with van der Waals surface area (Å²) >= 11 is 0. The molecule has 0 amide bonds. The summed E-state index contributed by atoms with van der Waals surface area (Å²) in [5.74, 6) is 0.595. The number of methoxy groups -OCH3 is 1. The number of hydrogen-bond acceptors (Lipinski definition) is 7. The summed E-state index contributed by atoms with van der Waals surface area (Å²) in [5.41, 5.74) is 2.47. The normalized spacial score (nSPS) is 18.7. The Morgan fingerprint density at radius 2 is 2.13 bits per heavy atom. The first-order valence-corrected chi connectivity index (χ1v) is 10.5. The SMILES string of the molecule is COc1nc(N2CCNC(CC#N)C2)c2cnc(-c3ccccc3C3CC3)c(F)c2n1. The summed E-state index contributed by atoms with van der Waals surface area (Å²) in [7, 11) is 1.48. The van der Waals surface area contributed by atoms with E-state index in [-0.39, 0.29) is 17.6 Å². The molecule has 1 atom stereocenters. The number of fused-ring (bicyclic) bond motifs is 1. The molecule has 3 heterocycles. The largest absolute Gasteiger partial charge is 0.467 e. The number of hydrogen-bond donors (Lipinski definition) is 1. The number of ether oxygens (including phenoxy) is 1. The predicted octanol–water partition coefficient (Wildman–Crippen LogP) is 3.41. The Kier molecular flexibility index (Phi) is 5.12. The van der Waals surface area contributed by atoms with Crippen molar-refractivity contribution in [1.82, 2.24) is 20.3 Å². The van der Waals surface area contributed by atoms with Crippen LogP contribution in [0.2, 0.25) is 0 Å². The summed E-state index contributed by atoms with van der Waals surface area (Å²) in [4.78, 5) is 15.4. The molecule has 0 spiro atoms. The Labute approximate surface area is 179 Å². The average Bonchev–Trinajstić information content (AvgIpc) is 3.65. The number of pyridine rings is 1. The number of benzene rings is 1. The van der Waals surface area contributed by atoms with Crippen LogP contribution < -0.4 is 15.0 Å². The molecule has 1 saturated heterocycles. The van der Waals surface area contributed by atoms with Crippen molar-refractivity contribution in [3.05, 3.63) is 41.8 Å². The Hall–Kier alpha value is -3.31. The second kappa shape index (κ2) is 8.08. The number of nitriles is 1. The second-order valence-electron chi connectivity index (χ2n) is 8.04. The molecule has 5 rings (SSSR count). The molecule has 1 unspecified atom stereocenters. The molecular weight excluding hydrogens is 395 g/mol. The van der Waals surface area contributed by atoms with Gasteiger partial charge in [-0.25, -0.2) is 4.39 Å². The van der Waals surface area contributed by atoms with Gasteiger partial charge in [0, 0.05) is 37.4 Å². The van der Waals surface area contributed by atoms with Crippen molar-refractivity contribution in [2.45, 2.75) is 31.2 Å². The summed E-state index contributed by atoms with van der Waals surface area (Å²) < 4.78 is 21.1. The lowest BCUT2D eigenvalue weighted by atomic mass is 9.99. The maximum Gasteiger partial charge on any atom is 0.318 e. The van der Waals surface area contributed by atoms with Gasteiger partial charge >= 0.3 is 6.01 Å². The van der Waals surface area contributed by atoms with E-state index in [1.807, 2.05) is 23.1 Å². The zero-order chi connectivity index (χ0) is 21.4. The highest BCUT2D eigenvalue weighted by Crippen LogP contribution is 2.45. The van der Waals surface area contributed by atoms with Gasteiger partial charge in [-0.3, -0.25) is 4.98 Å². The zero-order valence-electron chi connectivity index (χ0n) is 17.3. The van der Waals surface area contributed by atoms with Gasteiger partial charge in [-0.15, -0.1) is 0 Å². The molecule has 8 heteroatoms. The molecule has 7 nitrogen and oxygen atoms in total. The van der Waals surface area contributed by atoms with Gasteiger partial charge < -0.3 is 15.0 Å². The first-order valence-electron chi connectivity index (χ1n) is 10.5. The van der Waals surface area contributed by atoms with E-state index in [9.17, 15) is 0 Å². The van der Waals surface area contributed by atoms with E-state index in [2.05, 4.69) is 32.4 Å². The van der Waals surface area contributed by atoms with E-state index in [1.54, 1.807) is 6.20 Å². The minimum Gasteiger partial charge on any atom is -0.467 e. The van der Waals surface area contributed by atoms with Crippen LogP contribution in [-0.4, -0.2) is 47.7 Å². The van der Waals surface area contributed by atoms with Crippen LogP contribution in [0.1, 0.15) is 30.7 Å². The summed E-state index contributed by atoms with van der Waals surface area (Å²) in [6.45, 7) is 1.99. The van der Waals surface area contributed by atoms with Crippen LogP contribution in [-0.2, 0) is 0 Å². The van der Waals surface area contributed by atoms with Gasteiger partial charge in [0.15, 0.2) is 5.82 Å². The molecule has 1 saturated carbocycles. The van der Waals surface area contributed by atoms with Crippen molar-refractivity contribution >= 4 is 16.7 Å². The first kappa shape index (κ1) is 19.6. The van der Waals surface area contributed by atoms with E-state index in [1.165, 1.54) is 7.11 Å². The maximum atomic E-state index is 15.8. The van der Waals surface area contributed by atoms with Crippen molar-refractivity contribution in [2.75, 3.05) is 31.6 Å². The highest BCUT2D eigenvalue weighted by Gasteiger charge is 2.29. The molecule has 2 fully saturated rings. The van der Waals surface area contributed by atoms with E-state index in [4.69, 9.17) is 10.00 Å².